The van der Waals surface area contributed by atoms with Crippen molar-refractivity contribution in [3.05, 3.63) is 30.1 Å². The molecule has 29 heavy (non-hydrogen) atoms. The lowest BCUT2D eigenvalue weighted by molar-refractivity contribution is -0.160. The van der Waals surface area contributed by atoms with Crippen molar-refractivity contribution in [3.63, 3.8) is 0 Å². The van der Waals surface area contributed by atoms with Crippen LogP contribution in [0.4, 0.5) is 13.2 Å². The van der Waals surface area contributed by atoms with Crippen molar-refractivity contribution in [1.82, 2.24) is 10.2 Å². The van der Waals surface area contributed by atoms with Gasteiger partial charge in [-0.1, -0.05) is 0 Å². The van der Waals surface area contributed by atoms with Crippen molar-refractivity contribution in [2.45, 2.75) is 38.0 Å². The van der Waals surface area contributed by atoms with Crippen LogP contribution < -0.4 is 15.8 Å². The molecule has 8 nitrogen and oxygen atoms in total. The van der Waals surface area contributed by atoms with Gasteiger partial charge in [0.2, 0.25) is 17.7 Å². The Bertz CT molecular complexity index is 717. The van der Waals surface area contributed by atoms with Gasteiger partial charge in [0.15, 0.2) is 0 Å². The molecule has 1 saturated heterocycles. The molecule has 2 unspecified atom stereocenters. The van der Waals surface area contributed by atoms with Crippen LogP contribution in [-0.2, 0) is 19.1 Å². The lowest BCUT2D eigenvalue weighted by atomic mass is 10.2. The van der Waals surface area contributed by atoms with Gasteiger partial charge in [0.05, 0.1) is 19.3 Å². The number of hydrogen-bond acceptors (Lipinski definition) is 5. The van der Waals surface area contributed by atoms with E-state index in [4.69, 9.17) is 10.5 Å². The molecule has 0 spiro atoms. The molecule has 1 aliphatic rings. The first-order chi connectivity index (χ1) is 13.8. The molecule has 1 aromatic rings. The smallest absolute Gasteiger partial charge is 0.345 e. The minimum absolute atomic E-state index is 0.0742. The van der Waals surface area contributed by atoms with E-state index >= 15 is 0 Å². The summed E-state index contributed by atoms with van der Waals surface area (Å²) < 4.78 is 47.2. The lowest BCUT2D eigenvalue weighted by Gasteiger charge is -2.22. The Hall–Kier alpha value is -2.82. The lowest BCUT2D eigenvalue weighted by Crippen LogP contribution is -2.47. The van der Waals surface area contributed by atoms with Crippen LogP contribution in [0, 0.1) is 5.82 Å². The van der Waals surface area contributed by atoms with Crippen LogP contribution in [0.15, 0.2) is 24.3 Å². The average molecular weight is 417 g/mol. The monoisotopic (exact) mass is 417 g/mol. The molecule has 0 radical (unpaired) electrons. The van der Waals surface area contributed by atoms with Gasteiger partial charge in [-0.25, -0.2) is 4.39 Å². The standard InChI is InChI=1S/C18H22F3N3O5/c19-11-3-5-12(6-4-11)28-7-1-2-15(25)23-9-16(26)24-10-13(29-18(20)21)8-14(24)17(22)27/h3-6,13-14,18H,1-2,7-10H2,(H2,22,27)(H,23,25). The van der Waals surface area contributed by atoms with Crippen molar-refractivity contribution in [2.24, 2.45) is 5.73 Å². The second kappa shape index (κ2) is 10.6. The maximum atomic E-state index is 12.8. The topological polar surface area (TPSA) is 111 Å². The van der Waals surface area contributed by atoms with E-state index in [-0.39, 0.29) is 31.8 Å². The first-order valence-electron chi connectivity index (χ1n) is 8.93. The van der Waals surface area contributed by atoms with Gasteiger partial charge < -0.3 is 25.4 Å². The second-order valence-electron chi connectivity index (χ2n) is 6.40. The van der Waals surface area contributed by atoms with Crippen molar-refractivity contribution < 1.29 is 37.0 Å². The zero-order valence-electron chi connectivity index (χ0n) is 15.5. The molecule has 1 fully saturated rings. The van der Waals surface area contributed by atoms with Crippen molar-refractivity contribution in [3.8, 4) is 5.75 Å². The zero-order valence-corrected chi connectivity index (χ0v) is 15.5. The highest BCUT2D eigenvalue weighted by Crippen LogP contribution is 2.22. The maximum absolute atomic E-state index is 12.8. The number of nitrogens with one attached hydrogen (secondary N) is 1. The summed E-state index contributed by atoms with van der Waals surface area (Å²) in [5.41, 5.74) is 5.21. The van der Waals surface area contributed by atoms with Crippen LogP contribution in [-0.4, -0.2) is 61.1 Å². The summed E-state index contributed by atoms with van der Waals surface area (Å²) >= 11 is 0. The second-order valence-corrected chi connectivity index (χ2v) is 6.40. The number of hydrogen-bond donors (Lipinski definition) is 2. The van der Waals surface area contributed by atoms with E-state index in [1.165, 1.54) is 24.3 Å². The molecular formula is C18H22F3N3O5. The van der Waals surface area contributed by atoms with Crippen LogP contribution in [0.2, 0.25) is 0 Å². The molecule has 11 heteroatoms. The SMILES string of the molecule is NC(=O)C1CC(OC(F)F)CN1C(=O)CNC(=O)CCCOc1ccc(F)cc1. The van der Waals surface area contributed by atoms with Gasteiger partial charge in [-0.3, -0.25) is 14.4 Å². The van der Waals surface area contributed by atoms with Crippen LogP contribution in [0.25, 0.3) is 0 Å². The third-order valence-corrected chi connectivity index (χ3v) is 4.27. The van der Waals surface area contributed by atoms with Crippen LogP contribution in [0.3, 0.4) is 0 Å². The van der Waals surface area contributed by atoms with Gasteiger partial charge in [-0.05, 0) is 30.7 Å². The quantitative estimate of drug-likeness (QED) is 0.547. The summed E-state index contributed by atoms with van der Waals surface area (Å²) in [7, 11) is 0. The largest absolute Gasteiger partial charge is 0.494 e. The fraction of sp³-hybridized carbons (Fsp3) is 0.500. The Morgan fingerprint density at radius 3 is 2.55 bits per heavy atom. The molecule has 0 bridgehead atoms. The van der Waals surface area contributed by atoms with Gasteiger partial charge in [-0.15, -0.1) is 0 Å². The van der Waals surface area contributed by atoms with Crippen LogP contribution in [0.1, 0.15) is 19.3 Å². The average Bonchev–Trinajstić information content (AvgIpc) is 3.08. The maximum Gasteiger partial charge on any atom is 0.345 e. The highest BCUT2D eigenvalue weighted by Gasteiger charge is 2.40. The summed E-state index contributed by atoms with van der Waals surface area (Å²) in [6, 6.07) is 4.37. The number of benzene rings is 1. The highest BCUT2D eigenvalue weighted by atomic mass is 19.3. The molecule has 0 saturated carbocycles. The van der Waals surface area contributed by atoms with Gasteiger partial charge >= 0.3 is 6.61 Å². The Labute approximate surface area is 165 Å². The van der Waals surface area contributed by atoms with Gasteiger partial charge in [0, 0.05) is 19.4 Å². The predicted molar refractivity (Wildman–Crippen MR) is 94.3 cm³/mol. The van der Waals surface area contributed by atoms with E-state index in [0.717, 1.165) is 4.90 Å². The molecule has 1 aliphatic heterocycles. The Morgan fingerprint density at radius 2 is 1.93 bits per heavy atom. The van der Waals surface area contributed by atoms with Gasteiger partial charge in [0.1, 0.15) is 17.6 Å². The normalized spacial score (nSPS) is 18.7. The number of ether oxygens (including phenoxy) is 2. The number of likely N-dealkylation sites (tertiary alicyclic amines) is 1. The molecule has 0 aromatic heterocycles. The number of nitrogens with zero attached hydrogens (tertiary/aromatic N) is 1. The van der Waals surface area contributed by atoms with E-state index in [1.54, 1.807) is 0 Å². The summed E-state index contributed by atoms with van der Waals surface area (Å²) in [5, 5.41) is 2.40. The number of nitrogens with two attached hydrogens (primary N) is 1. The fourth-order valence-electron chi connectivity index (χ4n) is 2.90. The summed E-state index contributed by atoms with van der Waals surface area (Å²) in [6.07, 6.45) is -0.698. The van der Waals surface area contributed by atoms with Crippen molar-refractivity contribution in [1.29, 1.82) is 0 Å². The molecular weight excluding hydrogens is 395 g/mol. The molecule has 2 atom stereocenters. The Morgan fingerprint density at radius 1 is 1.24 bits per heavy atom. The van der Waals surface area contributed by atoms with Crippen molar-refractivity contribution in [2.75, 3.05) is 19.7 Å². The fourth-order valence-corrected chi connectivity index (χ4v) is 2.90. The van der Waals surface area contributed by atoms with Crippen molar-refractivity contribution >= 4 is 17.7 Å². The number of alkyl halides is 2. The number of carbonyl (C=O) groups excluding carboxylic acids is 3. The number of carbonyl (C=O) groups is 3. The Kier molecular flexibility index (Phi) is 8.25. The summed E-state index contributed by atoms with van der Waals surface area (Å²) in [6.45, 7) is -3.42. The van der Waals surface area contributed by atoms with E-state index in [9.17, 15) is 27.6 Å². The summed E-state index contributed by atoms with van der Waals surface area (Å²) in [5.74, 6) is -1.79. The highest BCUT2D eigenvalue weighted by molar-refractivity contribution is 5.90. The molecule has 2 rings (SSSR count). The molecule has 3 N–H and O–H groups in total. The molecule has 3 amide bonds. The first kappa shape index (κ1) is 22.5. The minimum Gasteiger partial charge on any atom is -0.494 e. The van der Waals surface area contributed by atoms with E-state index in [2.05, 4.69) is 10.1 Å². The molecule has 1 aromatic carbocycles. The number of rotatable bonds is 10. The van der Waals surface area contributed by atoms with E-state index in [0.29, 0.717) is 12.2 Å². The Balaban J connectivity index is 1.70. The zero-order chi connectivity index (χ0) is 21.4. The summed E-state index contributed by atoms with van der Waals surface area (Å²) in [4.78, 5) is 36.6. The number of amides is 3. The molecule has 160 valence electrons. The molecule has 0 aliphatic carbocycles. The van der Waals surface area contributed by atoms with E-state index < -0.39 is 43.0 Å². The molecule has 1 heterocycles. The first-order valence-corrected chi connectivity index (χ1v) is 8.93. The van der Waals surface area contributed by atoms with Crippen LogP contribution in [0.5, 0.6) is 5.75 Å². The number of halogens is 3. The number of primary amides is 1. The third kappa shape index (κ3) is 7.26. The van der Waals surface area contributed by atoms with E-state index in [1.807, 2.05) is 0 Å². The van der Waals surface area contributed by atoms with Gasteiger partial charge in [-0.2, -0.15) is 8.78 Å². The predicted octanol–water partition coefficient (Wildman–Crippen LogP) is 0.795. The van der Waals surface area contributed by atoms with Crippen LogP contribution >= 0.6 is 0 Å². The third-order valence-electron chi connectivity index (χ3n) is 4.27. The van der Waals surface area contributed by atoms with Gasteiger partial charge in [0.25, 0.3) is 0 Å². The minimum atomic E-state index is -3.03.